The third-order valence-corrected chi connectivity index (χ3v) is 4.18. The molecule has 6 heteroatoms. The number of para-hydroxylation sites is 1. The number of nitrogens with zero attached hydrogens (tertiary/aromatic N) is 2. The number of phenolic OH excluding ortho intramolecular Hbond substituents is 1. The predicted molar refractivity (Wildman–Crippen MR) is 76.3 cm³/mol. The minimum absolute atomic E-state index is 0.216. The van der Waals surface area contributed by atoms with Crippen molar-refractivity contribution in [3.63, 3.8) is 0 Å². The molecular weight excluding hydrogens is 262 g/mol. The number of thioether (sulfide) groups is 1. The highest BCUT2D eigenvalue weighted by Crippen LogP contribution is 2.28. The van der Waals surface area contributed by atoms with Crippen LogP contribution >= 0.6 is 11.8 Å². The third-order valence-electron chi connectivity index (χ3n) is 3.24. The Hall–Kier alpha value is -1.24. The van der Waals surface area contributed by atoms with Crippen molar-refractivity contribution in [3.8, 4) is 5.75 Å². The van der Waals surface area contributed by atoms with Crippen LogP contribution in [0.1, 0.15) is 11.8 Å². The number of phenols is 1. The summed E-state index contributed by atoms with van der Waals surface area (Å²) in [7, 11) is 0. The fourth-order valence-electron chi connectivity index (χ4n) is 2.19. The van der Waals surface area contributed by atoms with Crippen molar-refractivity contribution in [2.75, 3.05) is 31.1 Å². The fourth-order valence-corrected chi connectivity index (χ4v) is 3.17. The molecule has 0 aliphatic carbocycles. The smallest absolute Gasteiger partial charge is 0.206 e. The molecule has 1 fully saturated rings. The van der Waals surface area contributed by atoms with Gasteiger partial charge in [0.25, 0.3) is 0 Å². The first-order valence-corrected chi connectivity index (χ1v) is 7.55. The highest BCUT2D eigenvalue weighted by atomic mass is 32.2. The zero-order valence-electron chi connectivity index (χ0n) is 10.6. The second-order valence-electron chi connectivity index (χ2n) is 4.60. The van der Waals surface area contributed by atoms with Crippen LogP contribution in [0.5, 0.6) is 5.75 Å². The average molecular weight is 279 g/mol. The SMILES string of the molecule is Oc1ccccc1C1N=C(CN2CCSCC2)NO1. The van der Waals surface area contributed by atoms with Crippen molar-refractivity contribution in [2.24, 2.45) is 4.99 Å². The molecule has 0 bridgehead atoms. The third kappa shape index (κ3) is 3.02. The Morgan fingerprint density at radius 3 is 2.95 bits per heavy atom. The van der Waals surface area contributed by atoms with Crippen LogP contribution < -0.4 is 5.48 Å². The maximum absolute atomic E-state index is 9.79. The molecule has 102 valence electrons. The van der Waals surface area contributed by atoms with E-state index in [0.717, 1.165) is 25.5 Å². The zero-order valence-corrected chi connectivity index (χ0v) is 11.4. The average Bonchev–Trinajstić information content (AvgIpc) is 2.89. The van der Waals surface area contributed by atoms with Crippen LogP contribution in [0.2, 0.25) is 0 Å². The topological polar surface area (TPSA) is 57.1 Å². The van der Waals surface area contributed by atoms with E-state index in [-0.39, 0.29) is 5.75 Å². The lowest BCUT2D eigenvalue weighted by Crippen LogP contribution is -2.39. The molecule has 2 heterocycles. The first kappa shape index (κ1) is 12.8. The minimum Gasteiger partial charge on any atom is -0.507 e. The molecule has 0 saturated carbocycles. The molecule has 1 atom stereocenters. The molecule has 1 unspecified atom stereocenters. The summed E-state index contributed by atoms with van der Waals surface area (Å²) in [6, 6.07) is 7.13. The molecule has 5 nitrogen and oxygen atoms in total. The number of hydrogen-bond donors (Lipinski definition) is 2. The molecule has 19 heavy (non-hydrogen) atoms. The lowest BCUT2D eigenvalue weighted by atomic mass is 10.2. The number of aliphatic imine (C=N–C) groups is 1. The van der Waals surface area contributed by atoms with Gasteiger partial charge in [0, 0.05) is 30.2 Å². The Morgan fingerprint density at radius 1 is 1.37 bits per heavy atom. The maximum Gasteiger partial charge on any atom is 0.206 e. The van der Waals surface area contributed by atoms with Crippen molar-refractivity contribution >= 4 is 17.6 Å². The molecule has 2 aliphatic rings. The Labute approximate surface area is 116 Å². The van der Waals surface area contributed by atoms with Crippen molar-refractivity contribution in [1.29, 1.82) is 0 Å². The summed E-state index contributed by atoms with van der Waals surface area (Å²) in [5.41, 5.74) is 3.56. The number of hydroxylamine groups is 1. The Balaban J connectivity index is 1.65. The summed E-state index contributed by atoms with van der Waals surface area (Å²) < 4.78 is 0. The molecule has 2 N–H and O–H groups in total. The number of hydrogen-bond acceptors (Lipinski definition) is 6. The molecular formula is C13H17N3O2S. The zero-order chi connectivity index (χ0) is 13.1. The number of nitrogens with one attached hydrogen (secondary N) is 1. The number of aromatic hydroxyl groups is 1. The van der Waals surface area contributed by atoms with E-state index in [1.807, 2.05) is 23.9 Å². The lowest BCUT2D eigenvalue weighted by molar-refractivity contribution is 0.0352. The van der Waals surface area contributed by atoms with Crippen molar-refractivity contribution in [3.05, 3.63) is 29.8 Å². The van der Waals surface area contributed by atoms with Gasteiger partial charge in [0.2, 0.25) is 6.23 Å². The van der Waals surface area contributed by atoms with Crippen molar-refractivity contribution in [2.45, 2.75) is 6.23 Å². The summed E-state index contributed by atoms with van der Waals surface area (Å²) >= 11 is 1.99. The van der Waals surface area contributed by atoms with Crippen LogP contribution in [0.3, 0.4) is 0 Å². The largest absolute Gasteiger partial charge is 0.507 e. The first-order chi connectivity index (χ1) is 9.33. The van der Waals surface area contributed by atoms with Gasteiger partial charge in [0.15, 0.2) is 0 Å². The number of rotatable bonds is 3. The molecule has 3 rings (SSSR count). The highest BCUT2D eigenvalue weighted by Gasteiger charge is 2.23. The maximum atomic E-state index is 9.79. The lowest BCUT2D eigenvalue weighted by Gasteiger charge is -2.25. The predicted octanol–water partition coefficient (Wildman–Crippen LogP) is 1.37. The van der Waals surface area contributed by atoms with Crippen LogP contribution in [-0.4, -0.2) is 47.0 Å². The van der Waals surface area contributed by atoms with Gasteiger partial charge < -0.3 is 5.11 Å². The van der Waals surface area contributed by atoms with Gasteiger partial charge in [-0.3, -0.25) is 4.90 Å². The van der Waals surface area contributed by atoms with Gasteiger partial charge in [-0.15, -0.1) is 0 Å². The number of amidine groups is 1. The van der Waals surface area contributed by atoms with Gasteiger partial charge >= 0.3 is 0 Å². The number of benzene rings is 1. The van der Waals surface area contributed by atoms with Crippen LogP contribution in [-0.2, 0) is 4.84 Å². The van der Waals surface area contributed by atoms with Crippen LogP contribution in [0.15, 0.2) is 29.3 Å². The van der Waals surface area contributed by atoms with Gasteiger partial charge in [-0.25, -0.2) is 15.3 Å². The molecule has 1 aromatic carbocycles. The highest BCUT2D eigenvalue weighted by molar-refractivity contribution is 7.99. The van der Waals surface area contributed by atoms with Gasteiger partial charge in [0.1, 0.15) is 11.6 Å². The second-order valence-corrected chi connectivity index (χ2v) is 5.82. The minimum atomic E-state index is -0.449. The standard InChI is InChI=1S/C13H17N3O2S/c17-11-4-2-1-3-10(11)13-14-12(15-18-13)9-16-5-7-19-8-6-16/h1-4,13,17H,5-9H2,(H,14,15). The molecule has 2 aliphatic heterocycles. The summed E-state index contributed by atoms with van der Waals surface area (Å²) in [6.45, 7) is 2.96. The molecule has 1 aromatic rings. The fraction of sp³-hybridized carbons (Fsp3) is 0.462. The van der Waals surface area contributed by atoms with Crippen molar-refractivity contribution in [1.82, 2.24) is 10.4 Å². The first-order valence-electron chi connectivity index (χ1n) is 6.39. The van der Waals surface area contributed by atoms with Crippen molar-refractivity contribution < 1.29 is 9.94 Å². The van der Waals surface area contributed by atoms with E-state index >= 15 is 0 Å². The van der Waals surface area contributed by atoms with Gasteiger partial charge in [0.05, 0.1) is 6.54 Å². The molecule has 0 amide bonds. The van der Waals surface area contributed by atoms with Gasteiger partial charge in [-0.1, -0.05) is 18.2 Å². The molecule has 0 radical (unpaired) electrons. The second kappa shape index (κ2) is 5.81. The quantitative estimate of drug-likeness (QED) is 0.875. The van der Waals surface area contributed by atoms with E-state index in [0.29, 0.717) is 5.56 Å². The van der Waals surface area contributed by atoms with E-state index in [9.17, 15) is 5.11 Å². The van der Waals surface area contributed by atoms with E-state index in [1.54, 1.807) is 12.1 Å². The van der Waals surface area contributed by atoms with Crippen LogP contribution in [0.4, 0.5) is 0 Å². The Morgan fingerprint density at radius 2 is 2.16 bits per heavy atom. The molecule has 1 saturated heterocycles. The van der Waals surface area contributed by atoms with E-state index in [2.05, 4.69) is 15.4 Å². The summed E-state index contributed by atoms with van der Waals surface area (Å²) in [5.74, 6) is 3.41. The Kier molecular flexibility index (Phi) is 3.91. The van der Waals surface area contributed by atoms with Crippen LogP contribution in [0.25, 0.3) is 0 Å². The summed E-state index contributed by atoms with van der Waals surface area (Å²) in [4.78, 5) is 12.3. The van der Waals surface area contributed by atoms with Crippen LogP contribution in [0, 0.1) is 0 Å². The van der Waals surface area contributed by atoms with Gasteiger partial charge in [-0.05, 0) is 6.07 Å². The van der Waals surface area contributed by atoms with Gasteiger partial charge in [-0.2, -0.15) is 11.8 Å². The molecule has 0 aromatic heterocycles. The van der Waals surface area contributed by atoms with E-state index in [4.69, 9.17) is 4.84 Å². The summed E-state index contributed by atoms with van der Waals surface area (Å²) in [6.07, 6.45) is -0.449. The normalized spacial score (nSPS) is 24.0. The van der Waals surface area contributed by atoms with E-state index in [1.165, 1.54) is 11.5 Å². The Bertz CT molecular complexity index is 475. The summed E-state index contributed by atoms with van der Waals surface area (Å²) in [5, 5.41) is 9.79. The van der Waals surface area contributed by atoms with E-state index < -0.39 is 6.23 Å². The monoisotopic (exact) mass is 279 g/mol. The molecule has 0 spiro atoms.